The van der Waals surface area contributed by atoms with Crippen molar-refractivity contribution in [3.63, 3.8) is 0 Å². The van der Waals surface area contributed by atoms with Crippen molar-refractivity contribution < 1.29 is 23.6 Å². The lowest BCUT2D eigenvalue weighted by molar-refractivity contribution is 0.00578. The van der Waals surface area contributed by atoms with Crippen molar-refractivity contribution in [3.8, 4) is 11.5 Å². The average molecular weight is 352 g/mol. The van der Waals surface area contributed by atoms with Crippen molar-refractivity contribution in [2.24, 2.45) is 0 Å². The normalized spacial score (nSPS) is 17.8. The minimum absolute atomic E-state index is 0.484. The second-order valence-electron chi connectivity index (χ2n) is 7.29. The lowest BCUT2D eigenvalue weighted by atomic mass is 9.76. The minimum atomic E-state index is -0.662. The van der Waals surface area contributed by atoms with Gasteiger partial charge in [-0.05, 0) is 63.5 Å². The van der Waals surface area contributed by atoms with Gasteiger partial charge < -0.3 is 14.0 Å². The molecule has 0 spiro atoms. The van der Waals surface area contributed by atoms with E-state index in [1.54, 1.807) is 42.5 Å². The van der Waals surface area contributed by atoms with Crippen molar-refractivity contribution in [2.75, 3.05) is 0 Å². The molecule has 0 saturated carbocycles. The van der Waals surface area contributed by atoms with Crippen molar-refractivity contribution >= 4 is 25.2 Å². The Morgan fingerprint density at radius 2 is 1.54 bits per heavy atom. The molecule has 0 unspecified atom stereocenters. The molecular formula is C20H21BO5. The fraction of sp³-hybridized carbons (Fsp3) is 0.300. The molecule has 0 radical (unpaired) electrons. The molecule has 0 aromatic heterocycles. The van der Waals surface area contributed by atoms with Gasteiger partial charge in [-0.3, -0.25) is 9.59 Å². The SMILES string of the molecule is CC1(C)OB(c2cc(Oc3cccc(C=O)c3)ccc2C=O)OC1(C)C. The van der Waals surface area contributed by atoms with Crippen LogP contribution in [-0.2, 0) is 9.31 Å². The number of hydrogen-bond donors (Lipinski definition) is 0. The van der Waals surface area contributed by atoms with E-state index < -0.39 is 18.3 Å². The van der Waals surface area contributed by atoms with Gasteiger partial charge in [0.15, 0.2) is 0 Å². The third-order valence-electron chi connectivity index (χ3n) is 4.92. The topological polar surface area (TPSA) is 61.8 Å². The largest absolute Gasteiger partial charge is 0.495 e. The van der Waals surface area contributed by atoms with Crippen LogP contribution in [0.15, 0.2) is 42.5 Å². The highest BCUT2D eigenvalue weighted by atomic mass is 16.7. The van der Waals surface area contributed by atoms with E-state index in [1.807, 2.05) is 27.7 Å². The molecule has 5 nitrogen and oxygen atoms in total. The average Bonchev–Trinajstić information content (AvgIpc) is 2.82. The summed E-state index contributed by atoms with van der Waals surface area (Å²) in [6, 6.07) is 12.0. The number of carbonyl (C=O) groups excluding carboxylic acids is 2. The van der Waals surface area contributed by atoms with Crippen LogP contribution in [0.5, 0.6) is 11.5 Å². The number of aldehydes is 2. The molecule has 1 heterocycles. The van der Waals surface area contributed by atoms with Crippen LogP contribution < -0.4 is 10.2 Å². The van der Waals surface area contributed by atoms with Gasteiger partial charge >= 0.3 is 7.12 Å². The van der Waals surface area contributed by atoms with Gasteiger partial charge in [-0.1, -0.05) is 12.1 Å². The van der Waals surface area contributed by atoms with E-state index in [2.05, 4.69) is 0 Å². The molecule has 0 aliphatic carbocycles. The zero-order chi connectivity index (χ0) is 18.9. The lowest BCUT2D eigenvalue weighted by Gasteiger charge is -2.32. The first-order valence-electron chi connectivity index (χ1n) is 8.43. The van der Waals surface area contributed by atoms with Crippen LogP contribution in [0.1, 0.15) is 48.4 Å². The highest BCUT2D eigenvalue weighted by molar-refractivity contribution is 6.63. The molecule has 2 aromatic rings. The third kappa shape index (κ3) is 3.43. The predicted octanol–water partition coefficient (Wildman–Crippen LogP) is 3.40. The highest BCUT2D eigenvalue weighted by Crippen LogP contribution is 2.37. The number of carbonyl (C=O) groups is 2. The van der Waals surface area contributed by atoms with Crippen LogP contribution in [0.4, 0.5) is 0 Å². The molecule has 0 bridgehead atoms. The Bertz CT molecular complexity index is 828. The van der Waals surface area contributed by atoms with Gasteiger partial charge in [0.2, 0.25) is 0 Å². The summed E-state index contributed by atoms with van der Waals surface area (Å²) in [5.41, 5.74) is 0.610. The van der Waals surface area contributed by atoms with E-state index in [4.69, 9.17) is 14.0 Å². The van der Waals surface area contributed by atoms with Gasteiger partial charge in [0.1, 0.15) is 24.1 Å². The van der Waals surface area contributed by atoms with Crippen molar-refractivity contribution in [2.45, 2.75) is 38.9 Å². The lowest BCUT2D eigenvalue weighted by Crippen LogP contribution is -2.41. The summed E-state index contributed by atoms with van der Waals surface area (Å²) in [4.78, 5) is 22.4. The van der Waals surface area contributed by atoms with E-state index in [0.29, 0.717) is 28.1 Å². The Hall–Kier alpha value is -2.44. The van der Waals surface area contributed by atoms with Crippen molar-refractivity contribution in [1.29, 1.82) is 0 Å². The summed E-state index contributed by atoms with van der Waals surface area (Å²) in [6.07, 6.45) is 1.54. The molecule has 1 saturated heterocycles. The van der Waals surface area contributed by atoms with Crippen LogP contribution >= 0.6 is 0 Å². The Morgan fingerprint density at radius 3 is 2.15 bits per heavy atom. The molecule has 2 aromatic carbocycles. The molecule has 1 aliphatic rings. The maximum Gasteiger partial charge on any atom is 0.495 e. The molecule has 1 aliphatic heterocycles. The minimum Gasteiger partial charge on any atom is -0.457 e. The number of rotatable bonds is 5. The molecular weight excluding hydrogens is 331 g/mol. The second-order valence-corrected chi connectivity index (χ2v) is 7.29. The van der Waals surface area contributed by atoms with E-state index in [0.717, 1.165) is 12.6 Å². The van der Waals surface area contributed by atoms with Crippen molar-refractivity contribution in [3.05, 3.63) is 53.6 Å². The molecule has 6 heteroatoms. The molecule has 26 heavy (non-hydrogen) atoms. The maximum absolute atomic E-state index is 11.5. The monoisotopic (exact) mass is 352 g/mol. The molecule has 1 fully saturated rings. The zero-order valence-corrected chi connectivity index (χ0v) is 15.3. The van der Waals surface area contributed by atoms with E-state index in [1.165, 1.54) is 0 Å². The van der Waals surface area contributed by atoms with Gasteiger partial charge in [-0.2, -0.15) is 0 Å². The summed E-state index contributed by atoms with van der Waals surface area (Å²) >= 11 is 0. The van der Waals surface area contributed by atoms with Gasteiger partial charge in [0, 0.05) is 11.1 Å². The Kier molecular flexibility index (Phi) is 4.73. The third-order valence-corrected chi connectivity index (χ3v) is 4.92. The van der Waals surface area contributed by atoms with Gasteiger partial charge in [0.25, 0.3) is 0 Å². The quantitative estimate of drug-likeness (QED) is 0.610. The molecule has 0 N–H and O–H groups in total. The van der Waals surface area contributed by atoms with Crippen LogP contribution in [0.3, 0.4) is 0 Å². The summed E-state index contributed by atoms with van der Waals surface area (Å²) in [6.45, 7) is 7.83. The predicted molar refractivity (Wildman–Crippen MR) is 99.4 cm³/mol. The van der Waals surface area contributed by atoms with Crippen molar-refractivity contribution in [1.82, 2.24) is 0 Å². The van der Waals surface area contributed by atoms with Crippen LogP contribution in [0.25, 0.3) is 0 Å². The molecule has 0 atom stereocenters. The first-order chi connectivity index (χ1) is 12.3. The summed E-state index contributed by atoms with van der Waals surface area (Å²) in [5.74, 6) is 1.07. The number of hydrogen-bond acceptors (Lipinski definition) is 5. The Morgan fingerprint density at radius 1 is 0.885 bits per heavy atom. The standard InChI is InChI=1S/C20H21BO5/c1-19(2)20(3,4)26-21(25-19)18-11-17(9-8-15(18)13-23)24-16-7-5-6-14(10-16)12-22/h5-13H,1-4H3. The number of ether oxygens (including phenoxy) is 1. The van der Waals surface area contributed by atoms with Crippen LogP contribution in [0.2, 0.25) is 0 Å². The summed E-state index contributed by atoms with van der Waals surface area (Å²) < 4.78 is 17.9. The van der Waals surface area contributed by atoms with E-state index >= 15 is 0 Å². The highest BCUT2D eigenvalue weighted by Gasteiger charge is 2.52. The molecule has 0 amide bonds. The Labute approximate surface area is 153 Å². The molecule has 3 rings (SSSR count). The van der Waals surface area contributed by atoms with Gasteiger partial charge in [0.05, 0.1) is 11.2 Å². The molecule has 134 valence electrons. The first kappa shape index (κ1) is 18.4. The van der Waals surface area contributed by atoms with E-state index in [-0.39, 0.29) is 0 Å². The second kappa shape index (κ2) is 6.70. The first-order valence-corrected chi connectivity index (χ1v) is 8.43. The maximum atomic E-state index is 11.5. The van der Waals surface area contributed by atoms with Crippen LogP contribution in [0, 0.1) is 0 Å². The summed E-state index contributed by atoms with van der Waals surface area (Å²) in [5, 5.41) is 0. The van der Waals surface area contributed by atoms with Gasteiger partial charge in [-0.25, -0.2) is 0 Å². The Balaban J connectivity index is 1.92. The fourth-order valence-corrected chi connectivity index (χ4v) is 2.69. The smallest absolute Gasteiger partial charge is 0.457 e. The van der Waals surface area contributed by atoms with Gasteiger partial charge in [-0.15, -0.1) is 0 Å². The van der Waals surface area contributed by atoms with Crippen LogP contribution in [-0.4, -0.2) is 30.9 Å². The fourth-order valence-electron chi connectivity index (χ4n) is 2.69. The number of benzene rings is 2. The summed E-state index contributed by atoms with van der Waals surface area (Å²) in [7, 11) is -0.662. The zero-order valence-electron chi connectivity index (χ0n) is 15.3. The van der Waals surface area contributed by atoms with E-state index in [9.17, 15) is 9.59 Å².